The van der Waals surface area contributed by atoms with Gasteiger partial charge in [0.05, 0.1) is 13.2 Å². The molecule has 0 aliphatic heterocycles. The van der Waals surface area contributed by atoms with Crippen LogP contribution in [0.15, 0.2) is 23.8 Å². The fourth-order valence-corrected chi connectivity index (χ4v) is 4.99. The Hall–Kier alpha value is -1.28. The molecule has 1 saturated carbocycles. The van der Waals surface area contributed by atoms with Crippen LogP contribution >= 0.6 is 0 Å². The molecule has 3 aliphatic rings. The number of aliphatic hydroxyl groups is 1. The van der Waals surface area contributed by atoms with Crippen LogP contribution in [-0.4, -0.2) is 18.3 Å². The second-order valence-corrected chi connectivity index (χ2v) is 7.18. The van der Waals surface area contributed by atoms with E-state index < -0.39 is 0 Å². The third-order valence-electron chi connectivity index (χ3n) is 6.31. The van der Waals surface area contributed by atoms with E-state index in [9.17, 15) is 5.11 Å². The van der Waals surface area contributed by atoms with Gasteiger partial charge in [0.25, 0.3) is 0 Å². The summed E-state index contributed by atoms with van der Waals surface area (Å²) in [4.78, 5) is 0. The monoisotopic (exact) mass is 284 g/mol. The molecule has 1 fully saturated rings. The van der Waals surface area contributed by atoms with Gasteiger partial charge in [0, 0.05) is 5.41 Å². The zero-order valence-electron chi connectivity index (χ0n) is 13.0. The standard InChI is InChI=1S/C19H24O2/c1-19-10-9-15-14-6-4-13(21-2)11-12(14)3-5-16(15)17(19)7-8-18(19)20/h4,6,11,17-18,20H,3,5,7-10H2,1-2H3/t17-,18-,19-/m0/s1. The third-order valence-corrected chi connectivity index (χ3v) is 6.31. The van der Waals surface area contributed by atoms with Crippen molar-refractivity contribution >= 4 is 5.57 Å². The number of methoxy groups -OCH3 is 1. The number of hydrogen-bond acceptors (Lipinski definition) is 2. The highest BCUT2D eigenvalue weighted by molar-refractivity contribution is 5.75. The van der Waals surface area contributed by atoms with Crippen molar-refractivity contribution in [3.05, 3.63) is 34.9 Å². The molecular weight excluding hydrogens is 260 g/mol. The Morgan fingerprint density at radius 2 is 2.05 bits per heavy atom. The first-order chi connectivity index (χ1) is 10.1. The van der Waals surface area contributed by atoms with Crippen molar-refractivity contribution in [2.75, 3.05) is 7.11 Å². The van der Waals surface area contributed by atoms with Gasteiger partial charge in [-0.1, -0.05) is 18.6 Å². The van der Waals surface area contributed by atoms with Crippen molar-refractivity contribution in [3.8, 4) is 5.75 Å². The number of allylic oxidation sites excluding steroid dienone is 2. The summed E-state index contributed by atoms with van der Waals surface area (Å²) < 4.78 is 5.37. The number of fused-ring (bicyclic) bond motifs is 4. The van der Waals surface area contributed by atoms with E-state index in [4.69, 9.17) is 4.74 Å². The van der Waals surface area contributed by atoms with E-state index in [2.05, 4.69) is 25.1 Å². The molecule has 2 nitrogen and oxygen atoms in total. The number of ether oxygens (including phenoxy) is 1. The molecule has 3 aliphatic carbocycles. The summed E-state index contributed by atoms with van der Waals surface area (Å²) in [6.07, 6.45) is 6.59. The van der Waals surface area contributed by atoms with Crippen LogP contribution in [0.4, 0.5) is 0 Å². The lowest BCUT2D eigenvalue weighted by Gasteiger charge is -2.43. The predicted octanol–water partition coefficient (Wildman–Crippen LogP) is 3.97. The van der Waals surface area contributed by atoms with Crippen LogP contribution in [0.25, 0.3) is 5.57 Å². The topological polar surface area (TPSA) is 29.5 Å². The second kappa shape index (κ2) is 4.61. The zero-order chi connectivity index (χ0) is 14.6. The highest BCUT2D eigenvalue weighted by Crippen LogP contribution is 2.58. The average Bonchev–Trinajstić information content (AvgIpc) is 2.82. The van der Waals surface area contributed by atoms with Crippen LogP contribution in [0.2, 0.25) is 0 Å². The Balaban J connectivity index is 1.79. The minimum Gasteiger partial charge on any atom is -0.497 e. The highest BCUT2D eigenvalue weighted by Gasteiger charge is 2.50. The lowest BCUT2D eigenvalue weighted by molar-refractivity contribution is 0.0379. The van der Waals surface area contributed by atoms with Gasteiger partial charge in [-0.25, -0.2) is 0 Å². The Labute approximate surface area is 126 Å². The largest absolute Gasteiger partial charge is 0.497 e. The van der Waals surface area contributed by atoms with E-state index >= 15 is 0 Å². The maximum absolute atomic E-state index is 10.4. The van der Waals surface area contributed by atoms with Crippen molar-refractivity contribution < 1.29 is 9.84 Å². The molecule has 0 amide bonds. The van der Waals surface area contributed by atoms with Gasteiger partial charge < -0.3 is 9.84 Å². The van der Waals surface area contributed by atoms with Gasteiger partial charge in [-0.3, -0.25) is 0 Å². The molecule has 0 unspecified atom stereocenters. The summed E-state index contributed by atoms with van der Waals surface area (Å²) in [7, 11) is 1.74. The lowest BCUT2D eigenvalue weighted by Crippen LogP contribution is -2.37. The van der Waals surface area contributed by atoms with E-state index in [1.54, 1.807) is 18.3 Å². The summed E-state index contributed by atoms with van der Waals surface area (Å²) in [5.74, 6) is 1.57. The number of aliphatic hydroxyl groups excluding tert-OH is 1. The Bertz CT molecular complexity index is 616. The molecule has 1 aromatic carbocycles. The fraction of sp³-hybridized carbons (Fsp3) is 0.579. The van der Waals surface area contributed by atoms with Crippen LogP contribution in [-0.2, 0) is 6.42 Å². The quantitative estimate of drug-likeness (QED) is 0.845. The van der Waals surface area contributed by atoms with E-state index in [0.717, 1.165) is 31.4 Å². The van der Waals surface area contributed by atoms with Gasteiger partial charge in [-0.2, -0.15) is 0 Å². The van der Waals surface area contributed by atoms with E-state index in [1.807, 2.05) is 0 Å². The van der Waals surface area contributed by atoms with Crippen LogP contribution in [0.1, 0.15) is 50.2 Å². The van der Waals surface area contributed by atoms with E-state index in [1.165, 1.54) is 24.0 Å². The summed E-state index contributed by atoms with van der Waals surface area (Å²) in [6, 6.07) is 6.54. The molecule has 112 valence electrons. The summed E-state index contributed by atoms with van der Waals surface area (Å²) >= 11 is 0. The maximum Gasteiger partial charge on any atom is 0.119 e. The zero-order valence-corrected chi connectivity index (χ0v) is 13.0. The molecule has 3 atom stereocenters. The SMILES string of the molecule is COc1ccc2c(c1)CCC1=C2CC[C@]2(C)[C@@H](O)CC[C@@H]12. The van der Waals surface area contributed by atoms with Crippen molar-refractivity contribution in [2.45, 2.75) is 51.6 Å². The van der Waals surface area contributed by atoms with Crippen molar-refractivity contribution in [3.63, 3.8) is 0 Å². The van der Waals surface area contributed by atoms with Crippen molar-refractivity contribution in [2.24, 2.45) is 11.3 Å². The first kappa shape index (κ1) is 13.4. The molecule has 0 aromatic heterocycles. The minimum absolute atomic E-state index is 0.103. The first-order valence-corrected chi connectivity index (χ1v) is 8.21. The van der Waals surface area contributed by atoms with Gasteiger partial charge in [0.1, 0.15) is 5.75 Å². The second-order valence-electron chi connectivity index (χ2n) is 7.18. The number of benzene rings is 1. The van der Waals surface area contributed by atoms with Crippen LogP contribution in [0.3, 0.4) is 0 Å². The van der Waals surface area contributed by atoms with Gasteiger partial charge in [-0.15, -0.1) is 0 Å². The summed E-state index contributed by atoms with van der Waals surface area (Å²) in [6.45, 7) is 2.31. The van der Waals surface area contributed by atoms with E-state index in [-0.39, 0.29) is 11.5 Å². The smallest absolute Gasteiger partial charge is 0.119 e. The summed E-state index contributed by atoms with van der Waals surface area (Å²) in [5, 5.41) is 10.4. The van der Waals surface area contributed by atoms with Crippen molar-refractivity contribution in [1.82, 2.24) is 0 Å². The van der Waals surface area contributed by atoms with E-state index in [0.29, 0.717) is 5.92 Å². The third kappa shape index (κ3) is 1.81. The molecule has 0 radical (unpaired) electrons. The molecule has 0 bridgehead atoms. The van der Waals surface area contributed by atoms with Gasteiger partial charge in [0.2, 0.25) is 0 Å². The molecule has 0 heterocycles. The summed E-state index contributed by atoms with van der Waals surface area (Å²) in [5.41, 5.74) is 6.24. The molecule has 0 saturated heterocycles. The normalized spacial score (nSPS) is 34.2. The predicted molar refractivity (Wildman–Crippen MR) is 84.3 cm³/mol. The van der Waals surface area contributed by atoms with Gasteiger partial charge >= 0.3 is 0 Å². The molecule has 4 rings (SSSR count). The molecule has 1 N–H and O–H groups in total. The van der Waals surface area contributed by atoms with Crippen LogP contribution in [0, 0.1) is 11.3 Å². The van der Waals surface area contributed by atoms with Gasteiger partial charge in [0.15, 0.2) is 0 Å². The van der Waals surface area contributed by atoms with Crippen LogP contribution in [0.5, 0.6) is 5.75 Å². The van der Waals surface area contributed by atoms with Crippen LogP contribution < -0.4 is 4.74 Å². The first-order valence-electron chi connectivity index (χ1n) is 8.21. The average molecular weight is 284 g/mol. The Kier molecular flexibility index (Phi) is 2.94. The molecule has 21 heavy (non-hydrogen) atoms. The molecular formula is C19H24O2. The number of rotatable bonds is 1. The Morgan fingerprint density at radius 1 is 1.19 bits per heavy atom. The maximum atomic E-state index is 10.4. The highest BCUT2D eigenvalue weighted by atomic mass is 16.5. The number of hydrogen-bond donors (Lipinski definition) is 1. The fourth-order valence-electron chi connectivity index (χ4n) is 4.99. The molecule has 1 aromatic rings. The number of aryl methyl sites for hydroxylation is 1. The van der Waals surface area contributed by atoms with Gasteiger partial charge in [-0.05, 0) is 73.3 Å². The van der Waals surface area contributed by atoms with Crippen molar-refractivity contribution in [1.29, 1.82) is 0 Å². The molecule has 2 heteroatoms. The minimum atomic E-state index is -0.103. The lowest BCUT2D eigenvalue weighted by atomic mass is 9.62. The Morgan fingerprint density at radius 3 is 2.86 bits per heavy atom. The molecule has 0 spiro atoms.